The van der Waals surface area contributed by atoms with Gasteiger partial charge < -0.3 is 5.32 Å². The standard InChI is InChI=1S/C13H17F3N2/c1-2-9-3-5-10(6-4-9)12(13(14,15)16)18-11-7-17-8-11/h3-6,11-12,17-18H,2,7-8H2,1H3. The average Bonchev–Trinajstić information content (AvgIpc) is 2.26. The Morgan fingerprint density at radius 3 is 2.28 bits per heavy atom. The molecular formula is C13H17F3N2. The summed E-state index contributed by atoms with van der Waals surface area (Å²) in [4.78, 5) is 0. The van der Waals surface area contributed by atoms with Crippen molar-refractivity contribution in [2.75, 3.05) is 13.1 Å². The van der Waals surface area contributed by atoms with Gasteiger partial charge in [0.2, 0.25) is 0 Å². The largest absolute Gasteiger partial charge is 0.407 e. The van der Waals surface area contributed by atoms with Crippen LogP contribution in [0.15, 0.2) is 24.3 Å². The third-order valence-corrected chi connectivity index (χ3v) is 3.23. The van der Waals surface area contributed by atoms with Crippen LogP contribution < -0.4 is 10.6 Å². The summed E-state index contributed by atoms with van der Waals surface area (Å²) in [5.74, 6) is 0. The summed E-state index contributed by atoms with van der Waals surface area (Å²) in [5.41, 5.74) is 1.33. The van der Waals surface area contributed by atoms with Crippen LogP contribution in [0.4, 0.5) is 13.2 Å². The first kappa shape index (κ1) is 13.4. The van der Waals surface area contributed by atoms with Crippen LogP contribution in [0.2, 0.25) is 0 Å². The summed E-state index contributed by atoms with van der Waals surface area (Å²) in [6.07, 6.45) is -3.43. The van der Waals surface area contributed by atoms with Crippen molar-refractivity contribution in [2.24, 2.45) is 0 Å². The van der Waals surface area contributed by atoms with E-state index in [1.807, 2.05) is 6.92 Å². The van der Waals surface area contributed by atoms with Crippen molar-refractivity contribution in [3.05, 3.63) is 35.4 Å². The average molecular weight is 258 g/mol. The zero-order valence-corrected chi connectivity index (χ0v) is 10.2. The summed E-state index contributed by atoms with van der Waals surface area (Å²) < 4.78 is 39.1. The van der Waals surface area contributed by atoms with Crippen molar-refractivity contribution in [3.8, 4) is 0 Å². The third kappa shape index (κ3) is 3.03. The van der Waals surface area contributed by atoms with Crippen LogP contribution in [0.5, 0.6) is 0 Å². The Morgan fingerprint density at radius 1 is 1.28 bits per heavy atom. The Labute approximate surface area is 105 Å². The van der Waals surface area contributed by atoms with Gasteiger partial charge in [-0.1, -0.05) is 31.2 Å². The van der Waals surface area contributed by atoms with Crippen molar-refractivity contribution in [2.45, 2.75) is 31.6 Å². The normalized spacial score (nSPS) is 18.4. The molecular weight excluding hydrogens is 241 g/mol. The van der Waals surface area contributed by atoms with E-state index in [4.69, 9.17) is 0 Å². The number of aryl methyl sites for hydroxylation is 1. The minimum absolute atomic E-state index is 0.0949. The molecule has 0 radical (unpaired) electrons. The van der Waals surface area contributed by atoms with Crippen LogP contribution in [-0.4, -0.2) is 25.3 Å². The number of alkyl halides is 3. The molecule has 1 aromatic rings. The summed E-state index contributed by atoms with van der Waals surface area (Å²) >= 11 is 0. The quantitative estimate of drug-likeness (QED) is 0.866. The van der Waals surface area contributed by atoms with Crippen molar-refractivity contribution in [1.29, 1.82) is 0 Å². The molecule has 1 aliphatic rings. The topological polar surface area (TPSA) is 24.1 Å². The number of hydrogen-bond acceptors (Lipinski definition) is 2. The second kappa shape index (κ2) is 5.28. The van der Waals surface area contributed by atoms with E-state index < -0.39 is 12.2 Å². The van der Waals surface area contributed by atoms with Gasteiger partial charge in [0.1, 0.15) is 6.04 Å². The van der Waals surface area contributed by atoms with Crippen molar-refractivity contribution in [1.82, 2.24) is 10.6 Å². The summed E-state index contributed by atoms with van der Waals surface area (Å²) in [6.45, 7) is 3.17. The summed E-state index contributed by atoms with van der Waals surface area (Å²) in [7, 11) is 0. The Hall–Kier alpha value is -1.07. The van der Waals surface area contributed by atoms with Crippen LogP contribution in [-0.2, 0) is 6.42 Å². The minimum atomic E-state index is -4.26. The van der Waals surface area contributed by atoms with Crippen LogP contribution >= 0.6 is 0 Å². The lowest BCUT2D eigenvalue weighted by Crippen LogP contribution is -2.57. The molecule has 0 saturated carbocycles. The molecule has 0 spiro atoms. The Morgan fingerprint density at radius 2 is 1.89 bits per heavy atom. The molecule has 5 heteroatoms. The fraction of sp³-hybridized carbons (Fsp3) is 0.538. The zero-order valence-electron chi connectivity index (χ0n) is 10.2. The lowest BCUT2D eigenvalue weighted by Gasteiger charge is -2.33. The molecule has 2 nitrogen and oxygen atoms in total. The van der Waals surface area contributed by atoms with Gasteiger partial charge in [-0.3, -0.25) is 5.32 Å². The Kier molecular flexibility index (Phi) is 3.92. The Balaban J connectivity index is 2.15. The number of rotatable bonds is 4. The van der Waals surface area contributed by atoms with Crippen LogP contribution in [0.25, 0.3) is 0 Å². The molecule has 1 aliphatic heterocycles. The lowest BCUT2D eigenvalue weighted by atomic mass is 10.0. The van der Waals surface area contributed by atoms with Crippen LogP contribution in [0.3, 0.4) is 0 Å². The molecule has 2 rings (SSSR count). The first-order valence-corrected chi connectivity index (χ1v) is 6.13. The molecule has 1 unspecified atom stereocenters. The fourth-order valence-electron chi connectivity index (χ4n) is 1.97. The highest BCUT2D eigenvalue weighted by molar-refractivity contribution is 5.26. The molecule has 1 saturated heterocycles. The number of hydrogen-bond donors (Lipinski definition) is 2. The number of halogens is 3. The van der Waals surface area contributed by atoms with Gasteiger partial charge >= 0.3 is 6.18 Å². The maximum absolute atomic E-state index is 13.0. The molecule has 1 atom stereocenters. The van der Waals surface area contributed by atoms with E-state index in [-0.39, 0.29) is 11.6 Å². The lowest BCUT2D eigenvalue weighted by molar-refractivity contribution is -0.160. The predicted octanol–water partition coefficient (Wildman–Crippen LogP) is 2.41. The third-order valence-electron chi connectivity index (χ3n) is 3.23. The molecule has 1 aromatic carbocycles. The number of benzene rings is 1. The van der Waals surface area contributed by atoms with Gasteiger partial charge in [-0.25, -0.2) is 0 Å². The minimum Gasteiger partial charge on any atom is -0.314 e. The predicted molar refractivity (Wildman–Crippen MR) is 64.4 cm³/mol. The van der Waals surface area contributed by atoms with Crippen molar-refractivity contribution in [3.63, 3.8) is 0 Å². The van der Waals surface area contributed by atoms with E-state index >= 15 is 0 Å². The highest BCUT2D eigenvalue weighted by Gasteiger charge is 2.42. The van der Waals surface area contributed by atoms with E-state index in [0.717, 1.165) is 12.0 Å². The van der Waals surface area contributed by atoms with Crippen LogP contribution in [0.1, 0.15) is 24.1 Å². The van der Waals surface area contributed by atoms with E-state index in [0.29, 0.717) is 13.1 Å². The second-order valence-electron chi connectivity index (χ2n) is 4.59. The number of nitrogens with one attached hydrogen (secondary N) is 2. The van der Waals surface area contributed by atoms with Crippen molar-refractivity contribution >= 4 is 0 Å². The fourth-order valence-corrected chi connectivity index (χ4v) is 1.97. The molecule has 0 aromatic heterocycles. The molecule has 1 heterocycles. The molecule has 0 amide bonds. The zero-order chi connectivity index (χ0) is 13.2. The molecule has 2 N–H and O–H groups in total. The van der Waals surface area contributed by atoms with E-state index in [9.17, 15) is 13.2 Å². The molecule has 1 fully saturated rings. The SMILES string of the molecule is CCc1ccc(C(NC2CNC2)C(F)(F)F)cc1. The smallest absolute Gasteiger partial charge is 0.314 e. The molecule has 100 valence electrons. The van der Waals surface area contributed by atoms with Gasteiger partial charge in [0.25, 0.3) is 0 Å². The van der Waals surface area contributed by atoms with Gasteiger partial charge in [-0.15, -0.1) is 0 Å². The van der Waals surface area contributed by atoms with Gasteiger partial charge in [0.05, 0.1) is 0 Å². The van der Waals surface area contributed by atoms with E-state index in [1.54, 1.807) is 24.3 Å². The van der Waals surface area contributed by atoms with Gasteiger partial charge in [-0.05, 0) is 17.5 Å². The van der Waals surface area contributed by atoms with Crippen molar-refractivity contribution < 1.29 is 13.2 Å². The van der Waals surface area contributed by atoms with Gasteiger partial charge in [-0.2, -0.15) is 13.2 Å². The maximum atomic E-state index is 13.0. The summed E-state index contributed by atoms with van der Waals surface area (Å²) in [5, 5.41) is 5.62. The highest BCUT2D eigenvalue weighted by Crippen LogP contribution is 2.33. The van der Waals surface area contributed by atoms with E-state index in [2.05, 4.69) is 10.6 Å². The Bertz CT molecular complexity index is 382. The maximum Gasteiger partial charge on any atom is 0.407 e. The first-order chi connectivity index (χ1) is 8.50. The summed E-state index contributed by atoms with van der Waals surface area (Å²) in [6, 6.07) is 4.98. The highest BCUT2D eigenvalue weighted by atomic mass is 19.4. The molecule has 0 aliphatic carbocycles. The van der Waals surface area contributed by atoms with E-state index in [1.165, 1.54) is 0 Å². The van der Waals surface area contributed by atoms with Gasteiger partial charge in [0.15, 0.2) is 0 Å². The van der Waals surface area contributed by atoms with Gasteiger partial charge in [0, 0.05) is 19.1 Å². The molecule has 18 heavy (non-hydrogen) atoms. The monoisotopic (exact) mass is 258 g/mol. The second-order valence-corrected chi connectivity index (χ2v) is 4.59. The molecule has 0 bridgehead atoms. The first-order valence-electron chi connectivity index (χ1n) is 6.13. The van der Waals surface area contributed by atoms with Crippen LogP contribution in [0, 0.1) is 0 Å².